The van der Waals surface area contributed by atoms with Crippen molar-refractivity contribution in [1.29, 1.82) is 0 Å². The highest BCUT2D eigenvalue weighted by atomic mass is 16.5. The topological polar surface area (TPSA) is 95.3 Å². The van der Waals surface area contributed by atoms with Gasteiger partial charge < -0.3 is 14.8 Å². The average Bonchev–Trinajstić information content (AvgIpc) is 2.67. The fourth-order valence-electron chi connectivity index (χ4n) is 2.52. The first-order valence-electron chi connectivity index (χ1n) is 7.92. The number of ether oxygens (including phenoxy) is 2. The van der Waals surface area contributed by atoms with E-state index in [2.05, 4.69) is 15.6 Å². The highest BCUT2D eigenvalue weighted by Crippen LogP contribution is 2.29. The number of amides is 1. The first kappa shape index (κ1) is 17.4. The summed E-state index contributed by atoms with van der Waals surface area (Å²) >= 11 is 0. The highest BCUT2D eigenvalue weighted by molar-refractivity contribution is 5.95. The smallest absolute Gasteiger partial charge is 0.278 e. The lowest BCUT2D eigenvalue weighted by molar-refractivity contribution is -0.119. The van der Waals surface area contributed by atoms with Gasteiger partial charge in [0.1, 0.15) is 23.1 Å². The Bertz CT molecular complexity index is 1020. The molecule has 8 heteroatoms. The molecular weight excluding hydrogens is 336 g/mol. The van der Waals surface area contributed by atoms with Gasteiger partial charge in [0.25, 0.3) is 5.56 Å². The van der Waals surface area contributed by atoms with E-state index in [1.54, 1.807) is 49.4 Å². The number of aromatic nitrogens is 3. The van der Waals surface area contributed by atoms with E-state index in [1.807, 2.05) is 0 Å². The summed E-state index contributed by atoms with van der Waals surface area (Å²) < 4.78 is 11.5. The van der Waals surface area contributed by atoms with Crippen LogP contribution in [0.2, 0.25) is 0 Å². The third-order valence-corrected chi connectivity index (χ3v) is 4.00. The Kier molecular flexibility index (Phi) is 4.83. The third-order valence-electron chi connectivity index (χ3n) is 4.00. The number of fused-ring (bicyclic) bond motifs is 1. The molecule has 0 aliphatic carbocycles. The van der Waals surface area contributed by atoms with Gasteiger partial charge >= 0.3 is 0 Å². The minimum absolute atomic E-state index is 0.379. The maximum atomic E-state index is 12.6. The molecule has 0 radical (unpaired) electrons. The molecule has 0 aliphatic rings. The van der Waals surface area contributed by atoms with Crippen LogP contribution >= 0.6 is 0 Å². The van der Waals surface area contributed by atoms with Gasteiger partial charge in [0.05, 0.1) is 25.3 Å². The second-order valence-corrected chi connectivity index (χ2v) is 5.59. The van der Waals surface area contributed by atoms with E-state index in [0.29, 0.717) is 28.1 Å². The molecule has 0 saturated heterocycles. The van der Waals surface area contributed by atoms with Gasteiger partial charge in [0.2, 0.25) is 5.91 Å². The van der Waals surface area contributed by atoms with E-state index in [-0.39, 0.29) is 5.56 Å². The molecule has 8 nitrogen and oxygen atoms in total. The van der Waals surface area contributed by atoms with Crippen molar-refractivity contribution in [2.75, 3.05) is 19.5 Å². The van der Waals surface area contributed by atoms with Gasteiger partial charge in [-0.05, 0) is 31.2 Å². The number of hydrogen-bond donors (Lipinski definition) is 1. The first-order chi connectivity index (χ1) is 12.5. The van der Waals surface area contributed by atoms with E-state index < -0.39 is 11.9 Å². The van der Waals surface area contributed by atoms with Crippen molar-refractivity contribution in [2.24, 2.45) is 0 Å². The van der Waals surface area contributed by atoms with Crippen molar-refractivity contribution >= 4 is 22.5 Å². The van der Waals surface area contributed by atoms with Crippen molar-refractivity contribution in [1.82, 2.24) is 15.0 Å². The summed E-state index contributed by atoms with van der Waals surface area (Å²) in [7, 11) is 3.03. The van der Waals surface area contributed by atoms with Gasteiger partial charge in [0.15, 0.2) is 0 Å². The van der Waals surface area contributed by atoms with Gasteiger partial charge in [0, 0.05) is 6.07 Å². The standard InChI is InChI=1S/C18H18N4O4/c1-11(22-18(24)13-6-4-5-7-14(13)20-21-22)17(23)19-15-10-12(25-2)8-9-16(15)26-3/h4-11H,1-3H3,(H,19,23)/t11-/m0/s1. The van der Waals surface area contributed by atoms with Crippen molar-refractivity contribution < 1.29 is 14.3 Å². The van der Waals surface area contributed by atoms with Gasteiger partial charge in [-0.2, -0.15) is 4.68 Å². The van der Waals surface area contributed by atoms with E-state index in [4.69, 9.17) is 9.47 Å². The summed E-state index contributed by atoms with van der Waals surface area (Å²) in [4.78, 5) is 25.2. The monoisotopic (exact) mass is 354 g/mol. The van der Waals surface area contributed by atoms with Crippen LogP contribution in [0.25, 0.3) is 10.9 Å². The largest absolute Gasteiger partial charge is 0.497 e. The van der Waals surface area contributed by atoms with Crippen LogP contribution in [0.4, 0.5) is 5.69 Å². The number of benzene rings is 2. The highest BCUT2D eigenvalue weighted by Gasteiger charge is 2.20. The zero-order valence-corrected chi connectivity index (χ0v) is 14.6. The number of nitrogens with one attached hydrogen (secondary N) is 1. The molecule has 3 aromatic rings. The van der Waals surface area contributed by atoms with Crippen LogP contribution in [0.3, 0.4) is 0 Å². The zero-order chi connectivity index (χ0) is 18.7. The summed E-state index contributed by atoms with van der Waals surface area (Å²) in [5.41, 5.74) is 0.539. The lowest BCUT2D eigenvalue weighted by atomic mass is 10.2. The summed E-state index contributed by atoms with van der Waals surface area (Å²) in [5, 5.41) is 11.0. The van der Waals surface area contributed by atoms with Gasteiger partial charge in [-0.15, -0.1) is 5.10 Å². The van der Waals surface area contributed by atoms with Crippen LogP contribution in [0.5, 0.6) is 11.5 Å². The second-order valence-electron chi connectivity index (χ2n) is 5.59. The Labute approximate surface area is 149 Å². The molecule has 1 N–H and O–H groups in total. The molecule has 0 bridgehead atoms. The van der Waals surface area contributed by atoms with Crippen LogP contribution in [0, 0.1) is 0 Å². The Morgan fingerprint density at radius 2 is 1.92 bits per heavy atom. The molecule has 3 rings (SSSR count). The number of methoxy groups -OCH3 is 2. The fourth-order valence-corrected chi connectivity index (χ4v) is 2.52. The fraction of sp³-hybridized carbons (Fsp3) is 0.222. The molecule has 0 unspecified atom stereocenters. The minimum atomic E-state index is -0.865. The maximum Gasteiger partial charge on any atom is 0.278 e. The molecule has 0 fully saturated rings. The quantitative estimate of drug-likeness (QED) is 0.753. The Morgan fingerprint density at radius 1 is 1.15 bits per heavy atom. The minimum Gasteiger partial charge on any atom is -0.497 e. The Balaban J connectivity index is 1.91. The number of anilines is 1. The first-order valence-corrected chi connectivity index (χ1v) is 7.92. The molecule has 0 saturated carbocycles. The van der Waals surface area contributed by atoms with Gasteiger partial charge in [-0.25, -0.2) is 0 Å². The van der Waals surface area contributed by atoms with Gasteiger partial charge in [-0.1, -0.05) is 17.3 Å². The molecule has 26 heavy (non-hydrogen) atoms. The lowest BCUT2D eigenvalue weighted by Crippen LogP contribution is -2.34. The van der Waals surface area contributed by atoms with Crippen molar-refractivity contribution in [3.05, 3.63) is 52.8 Å². The molecule has 0 aliphatic heterocycles. The number of hydrogen-bond acceptors (Lipinski definition) is 6. The molecular formula is C18H18N4O4. The Hall–Kier alpha value is -3.42. The summed E-state index contributed by atoms with van der Waals surface area (Å²) in [6.45, 7) is 1.58. The van der Waals surface area contributed by atoms with Crippen molar-refractivity contribution in [3.8, 4) is 11.5 Å². The number of carbonyl (C=O) groups is 1. The van der Waals surface area contributed by atoms with E-state index in [9.17, 15) is 9.59 Å². The number of rotatable bonds is 5. The average molecular weight is 354 g/mol. The van der Waals surface area contributed by atoms with Crippen LogP contribution in [0.15, 0.2) is 47.3 Å². The lowest BCUT2D eigenvalue weighted by Gasteiger charge is -2.16. The SMILES string of the molecule is COc1ccc(OC)c(NC(=O)[C@H](C)n2nnc3ccccc3c2=O)c1. The third kappa shape index (κ3) is 3.21. The predicted octanol–water partition coefficient (Wildman–Crippen LogP) is 2.01. The van der Waals surface area contributed by atoms with Crippen LogP contribution in [-0.2, 0) is 4.79 Å². The molecule has 0 spiro atoms. The van der Waals surface area contributed by atoms with E-state index >= 15 is 0 Å². The maximum absolute atomic E-state index is 12.6. The number of carbonyl (C=O) groups excluding carboxylic acids is 1. The zero-order valence-electron chi connectivity index (χ0n) is 14.6. The summed E-state index contributed by atoms with van der Waals surface area (Å²) in [6.07, 6.45) is 0. The Morgan fingerprint density at radius 3 is 2.65 bits per heavy atom. The molecule has 134 valence electrons. The normalized spacial score (nSPS) is 11.8. The van der Waals surface area contributed by atoms with Crippen LogP contribution < -0.4 is 20.3 Å². The van der Waals surface area contributed by atoms with Crippen molar-refractivity contribution in [3.63, 3.8) is 0 Å². The molecule has 1 heterocycles. The molecule has 2 aromatic carbocycles. The number of nitrogens with zero attached hydrogens (tertiary/aromatic N) is 3. The van der Waals surface area contributed by atoms with Gasteiger partial charge in [-0.3, -0.25) is 9.59 Å². The van der Waals surface area contributed by atoms with Crippen LogP contribution in [0.1, 0.15) is 13.0 Å². The predicted molar refractivity (Wildman–Crippen MR) is 96.7 cm³/mol. The molecule has 1 aromatic heterocycles. The van der Waals surface area contributed by atoms with E-state index in [0.717, 1.165) is 4.68 Å². The molecule has 1 amide bonds. The molecule has 1 atom stereocenters. The van der Waals surface area contributed by atoms with Crippen molar-refractivity contribution in [2.45, 2.75) is 13.0 Å². The summed E-state index contributed by atoms with van der Waals surface area (Å²) in [6, 6.07) is 11.0. The van der Waals surface area contributed by atoms with E-state index in [1.165, 1.54) is 14.2 Å². The van der Waals surface area contributed by atoms with Crippen LogP contribution in [-0.4, -0.2) is 35.1 Å². The summed E-state index contributed by atoms with van der Waals surface area (Å²) in [5.74, 6) is 0.614. The second kappa shape index (κ2) is 7.22.